The zero-order chi connectivity index (χ0) is 29.5. The Morgan fingerprint density at radius 3 is 0.381 bits per heavy atom. The quantitative estimate of drug-likeness (QED) is 0.0413. The van der Waals surface area contributed by atoms with E-state index in [4.69, 9.17) is 58.7 Å². The molecule has 0 saturated carbocycles. The second-order valence-electron chi connectivity index (χ2n) is 7.45. The number of hydrogen-bond acceptors (Lipinski definition) is 6. The van der Waals surface area contributed by atoms with Crippen LogP contribution in [0.5, 0.6) is 0 Å². The predicted molar refractivity (Wildman–Crippen MR) is 136 cm³/mol. The Morgan fingerprint density at radius 2 is 0.333 bits per heavy atom. The van der Waals surface area contributed by atoms with Crippen LogP contribution in [0.1, 0.15) is 47.1 Å². The van der Waals surface area contributed by atoms with Crippen LogP contribution in [-0.4, -0.2) is 95.7 Å². The normalized spacial score (nSPS) is 11.4. The first-order valence-corrected chi connectivity index (χ1v) is 20.7. The minimum Gasteiger partial charge on any atom is -1.00 e. The van der Waals surface area contributed by atoms with Gasteiger partial charge in [0.2, 0.25) is 0 Å². The van der Waals surface area contributed by atoms with E-state index >= 15 is 0 Å². The summed E-state index contributed by atoms with van der Waals surface area (Å²) in [7, 11) is -24.0. The van der Waals surface area contributed by atoms with Gasteiger partial charge in [0.1, 0.15) is 0 Å². The molecule has 0 rings (SSSR count). The first-order valence-electron chi connectivity index (χ1n) is 9.89. The molecule has 42 heavy (non-hydrogen) atoms. The summed E-state index contributed by atoms with van der Waals surface area (Å²) in [6, 6.07) is 0. The molecule has 0 aliphatic heterocycles. The van der Waals surface area contributed by atoms with Crippen molar-refractivity contribution in [3.05, 3.63) is 0 Å². The molecule has 0 aromatic carbocycles. The van der Waals surface area contributed by atoms with E-state index in [-0.39, 0.29) is 392 Å². The van der Waals surface area contributed by atoms with Crippen molar-refractivity contribution in [2.75, 3.05) is 37.0 Å². The zero-order valence-corrected chi connectivity index (χ0v) is 49.1. The number of unbranched alkanes of at least 4 members (excludes halogenated alkanes) is 3. The molecule has 0 aromatic rings. The fourth-order valence-electron chi connectivity index (χ4n) is 1.91. The molecule has 18 nitrogen and oxygen atoms in total. The van der Waals surface area contributed by atoms with Gasteiger partial charge < -0.3 is 67.3 Å². The summed E-state index contributed by atoms with van der Waals surface area (Å²) in [6.45, 7) is 0. The van der Waals surface area contributed by atoms with E-state index in [9.17, 15) is 27.4 Å². The molecule has 0 heterocycles. The Kier molecular flexibility index (Phi) is 67.8. The average molecular weight is 895 g/mol. The van der Waals surface area contributed by atoms with Crippen LogP contribution in [0, 0.1) is 0 Å². The average Bonchev–Trinajstić information content (AvgIpc) is 2.56. The topological polar surface area (TPSA) is 345 Å². The third kappa shape index (κ3) is 88.1. The molecule has 0 aliphatic carbocycles. The van der Waals surface area contributed by atoms with Crippen molar-refractivity contribution in [2.24, 2.45) is 0 Å². The van der Waals surface area contributed by atoms with Gasteiger partial charge in [-0.1, -0.05) is 0 Å². The molecule has 0 aliphatic rings. The van der Waals surface area contributed by atoms with E-state index in [1.54, 1.807) is 0 Å². The molecule has 0 fully saturated rings. The Bertz CT molecular complexity index is 734. The minimum absolute atomic E-state index is 0. The van der Waals surface area contributed by atoms with Crippen LogP contribution in [-0.2, 0) is 27.4 Å². The fraction of sp³-hybridized carbons (Fsp3) is 1.00. The standard InChI is InChI=1S/3C4H12O6P2.6K.6H/c3*5-11(6,7)3-1-2-4-12(8,9)10;;;;;;;;;;;;/h3*1-4H2,(H2,5,6,7)(H2,8,9,10);;;;;;;;;;;;/q;;;6*+1;6*-1. The minimum atomic E-state index is -4.00. The first-order chi connectivity index (χ1) is 15.6. The fourth-order valence-corrected chi connectivity index (χ4v) is 5.72. The smallest absolute Gasteiger partial charge is 1.00 e. The summed E-state index contributed by atoms with van der Waals surface area (Å²) in [5.74, 6) is 0. The number of rotatable bonds is 15. The monoisotopic (exact) mass is 894 g/mol. The van der Waals surface area contributed by atoms with Gasteiger partial charge in [-0.15, -0.1) is 0 Å². The molecule has 12 N–H and O–H groups in total. The summed E-state index contributed by atoms with van der Waals surface area (Å²) < 4.78 is 61.5. The van der Waals surface area contributed by atoms with Gasteiger partial charge in [-0.3, -0.25) is 27.4 Å². The number of hydrogen-bond donors (Lipinski definition) is 12. The van der Waals surface area contributed by atoms with Crippen molar-refractivity contribution in [1.82, 2.24) is 0 Å². The summed E-state index contributed by atoms with van der Waals surface area (Å²) in [5, 5.41) is 0. The summed E-state index contributed by atoms with van der Waals surface area (Å²) in [6.07, 6.45) is -1.07. The van der Waals surface area contributed by atoms with Crippen LogP contribution in [0.4, 0.5) is 0 Å². The summed E-state index contributed by atoms with van der Waals surface area (Å²) in [4.78, 5) is 100. The largest absolute Gasteiger partial charge is 1.00 e. The van der Waals surface area contributed by atoms with Crippen LogP contribution < -0.4 is 308 Å². The van der Waals surface area contributed by atoms with Crippen LogP contribution in [0.25, 0.3) is 0 Å². The maximum Gasteiger partial charge on any atom is 1.00 e. The van der Waals surface area contributed by atoms with E-state index in [2.05, 4.69) is 0 Å². The van der Waals surface area contributed by atoms with Gasteiger partial charge in [0.05, 0.1) is 0 Å². The Labute approximate surface area is 510 Å². The molecule has 0 saturated heterocycles. The van der Waals surface area contributed by atoms with Gasteiger partial charge in [-0.25, -0.2) is 0 Å². The van der Waals surface area contributed by atoms with Gasteiger partial charge in [0, 0.05) is 37.0 Å². The molecule has 0 unspecified atom stereocenters. The second kappa shape index (κ2) is 38.6. The summed E-state index contributed by atoms with van der Waals surface area (Å²) >= 11 is 0. The molecule has 0 aromatic heterocycles. The Balaban J connectivity index is -0.0000000233. The van der Waals surface area contributed by atoms with Gasteiger partial charge >= 0.3 is 354 Å². The molecule has 234 valence electrons. The van der Waals surface area contributed by atoms with E-state index in [0.29, 0.717) is 0 Å². The first kappa shape index (κ1) is 73.8. The van der Waals surface area contributed by atoms with Crippen LogP contribution >= 0.6 is 45.6 Å². The van der Waals surface area contributed by atoms with Crippen molar-refractivity contribution in [1.29, 1.82) is 0 Å². The predicted octanol–water partition coefficient (Wildman–Crippen LogP) is -16.9. The van der Waals surface area contributed by atoms with Crippen molar-refractivity contribution < 1.29 is 403 Å². The van der Waals surface area contributed by atoms with E-state index in [1.807, 2.05) is 0 Å². The van der Waals surface area contributed by atoms with Gasteiger partial charge in [-0.2, -0.15) is 0 Å². The maximum absolute atomic E-state index is 10.3. The maximum atomic E-state index is 10.3. The van der Waals surface area contributed by atoms with Gasteiger partial charge in [-0.05, 0) is 38.5 Å². The van der Waals surface area contributed by atoms with E-state index < -0.39 is 45.6 Å². The molecule has 30 heteroatoms. The molecular weight excluding hydrogens is 853 g/mol. The van der Waals surface area contributed by atoms with Gasteiger partial charge in [0.15, 0.2) is 0 Å². The van der Waals surface area contributed by atoms with E-state index in [1.165, 1.54) is 0 Å². The van der Waals surface area contributed by atoms with Crippen LogP contribution in [0.2, 0.25) is 0 Å². The van der Waals surface area contributed by atoms with Gasteiger partial charge in [0.25, 0.3) is 0 Å². The summed E-state index contributed by atoms with van der Waals surface area (Å²) in [5.41, 5.74) is 0. The van der Waals surface area contributed by atoms with Crippen LogP contribution in [0.15, 0.2) is 0 Å². The molecule has 0 bridgehead atoms. The van der Waals surface area contributed by atoms with E-state index in [0.717, 1.165) is 0 Å². The van der Waals surface area contributed by atoms with Crippen molar-refractivity contribution in [2.45, 2.75) is 38.5 Å². The second-order valence-corrected chi connectivity index (χ2v) is 18.1. The SMILES string of the molecule is O=P(O)(O)CCCCP(=O)(O)O.O=P(O)(O)CCCCP(=O)(O)O.O=P(O)(O)CCCCP(=O)(O)O.[H-].[H-].[H-].[H-].[H-].[H-].[K+].[K+].[K+].[K+].[K+].[K+]. The molecule has 0 spiro atoms. The third-order valence-corrected chi connectivity index (χ3v) is 8.84. The third-order valence-electron chi connectivity index (χ3n) is 3.45. The molecular formula is C12H42K6O18P6. The Morgan fingerprint density at radius 1 is 0.262 bits per heavy atom. The zero-order valence-electron chi connectivity index (χ0n) is 31.0. The molecule has 0 amide bonds. The van der Waals surface area contributed by atoms with Crippen LogP contribution in [0.3, 0.4) is 0 Å². The van der Waals surface area contributed by atoms with Crippen molar-refractivity contribution >= 4 is 45.6 Å². The molecule has 0 atom stereocenters. The Hall–Kier alpha value is 10.7. The van der Waals surface area contributed by atoms with Crippen molar-refractivity contribution in [3.8, 4) is 0 Å². The molecule has 0 radical (unpaired) electrons. The van der Waals surface area contributed by atoms with Crippen molar-refractivity contribution in [3.63, 3.8) is 0 Å².